The maximum Gasteiger partial charge on any atom is 0.412 e. The second-order valence-corrected chi connectivity index (χ2v) is 9.40. The second kappa shape index (κ2) is 11.0. The zero-order valence-corrected chi connectivity index (χ0v) is 21.0. The monoisotopic (exact) mass is 454 g/mol. The Kier molecular flexibility index (Phi) is 8.06. The molecule has 0 saturated heterocycles. The number of hydrogen-bond donors (Lipinski definition) is 1. The summed E-state index contributed by atoms with van der Waals surface area (Å²) in [6, 6.07) is 26.7. The van der Waals surface area contributed by atoms with E-state index in [1.54, 1.807) is 7.05 Å². The Morgan fingerprint density at radius 1 is 0.853 bits per heavy atom. The Hall–Kier alpha value is -3.66. The molecule has 1 N–H and O–H groups in total. The van der Waals surface area contributed by atoms with Crippen molar-refractivity contribution in [2.75, 3.05) is 7.05 Å². The fourth-order valence-electron chi connectivity index (χ4n) is 3.65. The lowest BCUT2D eigenvalue weighted by Gasteiger charge is -2.19. The van der Waals surface area contributed by atoms with Gasteiger partial charge in [0.15, 0.2) is 0 Å². The lowest BCUT2D eigenvalue weighted by atomic mass is 9.86. The lowest BCUT2D eigenvalue weighted by molar-refractivity contribution is 0.143. The van der Waals surface area contributed by atoms with E-state index in [2.05, 4.69) is 79.6 Å². The molecule has 0 aliphatic rings. The van der Waals surface area contributed by atoms with Crippen LogP contribution in [-0.2, 0) is 16.8 Å². The molecule has 0 radical (unpaired) electrons. The van der Waals surface area contributed by atoms with E-state index in [1.807, 2.05) is 44.2 Å². The molecule has 0 aliphatic carbocycles. The number of nitrogens with zero attached hydrogens (tertiary/aromatic N) is 1. The first kappa shape index (κ1) is 25.0. The number of hydrogen-bond acceptors (Lipinski definition) is 3. The van der Waals surface area contributed by atoms with E-state index in [-0.39, 0.29) is 12.0 Å². The third-order valence-corrected chi connectivity index (χ3v) is 5.91. The number of allylic oxidation sites excluding steroid dienone is 2. The number of rotatable bonds is 6. The quantitative estimate of drug-likeness (QED) is 0.395. The minimum atomic E-state index is -0.503. The summed E-state index contributed by atoms with van der Waals surface area (Å²) >= 11 is 0. The van der Waals surface area contributed by atoms with Gasteiger partial charge in [-0.25, -0.2) is 4.79 Å². The highest BCUT2D eigenvalue weighted by atomic mass is 16.5. The Morgan fingerprint density at radius 2 is 1.41 bits per heavy atom. The van der Waals surface area contributed by atoms with E-state index >= 15 is 0 Å². The van der Waals surface area contributed by atoms with E-state index in [0.717, 1.165) is 28.0 Å². The summed E-state index contributed by atoms with van der Waals surface area (Å²) in [5.74, 6) is 0. The van der Waals surface area contributed by atoms with Crippen molar-refractivity contribution in [1.82, 2.24) is 5.32 Å². The lowest BCUT2D eigenvalue weighted by Crippen LogP contribution is -2.28. The molecule has 0 bridgehead atoms. The molecule has 0 heterocycles. The molecule has 0 spiro atoms. The zero-order valence-electron chi connectivity index (χ0n) is 21.0. The highest BCUT2D eigenvalue weighted by Gasteiger charge is 2.15. The van der Waals surface area contributed by atoms with E-state index < -0.39 is 6.09 Å². The van der Waals surface area contributed by atoms with Crippen LogP contribution in [0.3, 0.4) is 0 Å². The van der Waals surface area contributed by atoms with Gasteiger partial charge in [-0.3, -0.25) is 10.3 Å². The molecule has 0 aliphatic heterocycles. The summed E-state index contributed by atoms with van der Waals surface area (Å²) in [4.78, 5) is 16.8. The molecule has 0 unspecified atom stereocenters. The van der Waals surface area contributed by atoms with Crippen LogP contribution in [0.25, 0.3) is 16.7 Å². The molecule has 3 aromatic rings. The fraction of sp³-hybridized carbons (Fsp3) is 0.267. The SMILES string of the molecule is CN=C(C)/C(NC(=O)OCc1ccccc1)=C(\C)c1ccc(-c2ccc(C(C)(C)C)cc2)cc1. The molecule has 0 fully saturated rings. The van der Waals surface area contributed by atoms with Gasteiger partial charge < -0.3 is 4.74 Å². The van der Waals surface area contributed by atoms with Gasteiger partial charge >= 0.3 is 6.09 Å². The summed E-state index contributed by atoms with van der Waals surface area (Å²) in [6.45, 7) is 10.7. The highest BCUT2D eigenvalue weighted by molar-refractivity contribution is 6.06. The molecule has 4 heteroatoms. The first-order valence-corrected chi connectivity index (χ1v) is 11.5. The van der Waals surface area contributed by atoms with Crippen LogP contribution in [0.1, 0.15) is 51.3 Å². The van der Waals surface area contributed by atoms with Crippen molar-refractivity contribution < 1.29 is 9.53 Å². The molecule has 3 rings (SSSR count). The smallest absolute Gasteiger partial charge is 0.412 e. The van der Waals surface area contributed by atoms with Crippen LogP contribution in [0.15, 0.2) is 89.6 Å². The summed E-state index contributed by atoms with van der Waals surface area (Å²) in [5.41, 5.74) is 8.03. The van der Waals surface area contributed by atoms with Crippen LogP contribution in [0.5, 0.6) is 0 Å². The molecule has 0 aromatic heterocycles. The van der Waals surface area contributed by atoms with Crippen molar-refractivity contribution in [2.24, 2.45) is 4.99 Å². The first-order chi connectivity index (χ1) is 16.2. The average molecular weight is 455 g/mol. The van der Waals surface area contributed by atoms with Crippen LogP contribution in [0, 0.1) is 0 Å². The molecule has 0 atom stereocenters. The topological polar surface area (TPSA) is 50.7 Å². The van der Waals surface area contributed by atoms with Gasteiger partial charge in [0.25, 0.3) is 0 Å². The van der Waals surface area contributed by atoms with Crippen LogP contribution < -0.4 is 5.32 Å². The van der Waals surface area contributed by atoms with Crippen LogP contribution >= 0.6 is 0 Å². The summed E-state index contributed by atoms with van der Waals surface area (Å²) in [6.07, 6.45) is -0.503. The van der Waals surface area contributed by atoms with Crippen LogP contribution in [0.2, 0.25) is 0 Å². The van der Waals surface area contributed by atoms with E-state index in [1.165, 1.54) is 11.1 Å². The van der Waals surface area contributed by atoms with Crippen molar-refractivity contribution in [3.63, 3.8) is 0 Å². The standard InChI is InChI=1S/C30H34N2O2/c1-21(28(22(2)31-6)32-29(33)34-20-23-10-8-7-9-11-23)24-12-14-25(15-13-24)26-16-18-27(19-17-26)30(3,4)5/h7-19H,20H2,1-6H3,(H,32,33)/b28-21-,31-22?. The van der Waals surface area contributed by atoms with Gasteiger partial charge in [-0.1, -0.05) is 99.6 Å². The highest BCUT2D eigenvalue weighted by Crippen LogP contribution is 2.27. The number of ether oxygens (including phenoxy) is 1. The van der Waals surface area contributed by atoms with E-state index in [4.69, 9.17) is 4.74 Å². The van der Waals surface area contributed by atoms with E-state index in [9.17, 15) is 4.79 Å². The first-order valence-electron chi connectivity index (χ1n) is 11.5. The molecule has 176 valence electrons. The van der Waals surface area contributed by atoms with Crippen molar-refractivity contribution in [1.29, 1.82) is 0 Å². The predicted molar refractivity (Wildman–Crippen MR) is 142 cm³/mol. The number of aliphatic imine (C=N–C) groups is 1. The second-order valence-electron chi connectivity index (χ2n) is 9.40. The number of carbonyl (C=O) groups is 1. The molecular formula is C30H34N2O2. The Balaban J connectivity index is 1.78. The third kappa shape index (κ3) is 6.44. The largest absolute Gasteiger partial charge is 0.444 e. The normalized spacial score (nSPS) is 12.7. The average Bonchev–Trinajstić information content (AvgIpc) is 2.85. The van der Waals surface area contributed by atoms with Crippen molar-refractivity contribution in [3.8, 4) is 11.1 Å². The predicted octanol–water partition coefficient (Wildman–Crippen LogP) is 7.40. The van der Waals surface area contributed by atoms with Crippen molar-refractivity contribution >= 4 is 17.4 Å². The molecule has 0 saturated carbocycles. The molecule has 1 amide bonds. The molecule has 3 aromatic carbocycles. The van der Waals surface area contributed by atoms with Crippen LogP contribution in [0.4, 0.5) is 4.79 Å². The number of benzene rings is 3. The van der Waals surface area contributed by atoms with Gasteiger partial charge in [-0.2, -0.15) is 0 Å². The number of alkyl carbamates (subject to hydrolysis) is 1. The zero-order chi connectivity index (χ0) is 24.7. The summed E-state index contributed by atoms with van der Waals surface area (Å²) < 4.78 is 5.41. The van der Waals surface area contributed by atoms with Crippen molar-refractivity contribution in [2.45, 2.75) is 46.6 Å². The van der Waals surface area contributed by atoms with Gasteiger partial charge in [0.05, 0.1) is 11.4 Å². The minimum absolute atomic E-state index is 0.134. The van der Waals surface area contributed by atoms with Crippen LogP contribution in [-0.4, -0.2) is 18.9 Å². The molecule has 34 heavy (non-hydrogen) atoms. The Morgan fingerprint density at radius 3 is 1.94 bits per heavy atom. The Bertz CT molecular complexity index is 1170. The van der Waals surface area contributed by atoms with E-state index in [0.29, 0.717) is 5.70 Å². The maximum atomic E-state index is 12.5. The number of carbonyl (C=O) groups excluding carboxylic acids is 1. The number of nitrogens with one attached hydrogen (secondary N) is 1. The van der Waals surface area contributed by atoms with Gasteiger partial charge in [0.1, 0.15) is 6.61 Å². The molecule has 4 nitrogen and oxygen atoms in total. The third-order valence-electron chi connectivity index (χ3n) is 5.91. The van der Waals surface area contributed by atoms with Crippen molar-refractivity contribution in [3.05, 3.63) is 101 Å². The van der Waals surface area contributed by atoms with Gasteiger partial charge in [0.2, 0.25) is 0 Å². The molecular weight excluding hydrogens is 420 g/mol. The fourth-order valence-corrected chi connectivity index (χ4v) is 3.65. The summed E-state index contributed by atoms with van der Waals surface area (Å²) in [7, 11) is 1.71. The van der Waals surface area contributed by atoms with Gasteiger partial charge in [0, 0.05) is 7.05 Å². The number of amides is 1. The maximum absolute atomic E-state index is 12.5. The van der Waals surface area contributed by atoms with Gasteiger partial charge in [-0.15, -0.1) is 0 Å². The van der Waals surface area contributed by atoms with Gasteiger partial charge in [-0.05, 0) is 52.7 Å². The minimum Gasteiger partial charge on any atom is -0.444 e. The summed E-state index contributed by atoms with van der Waals surface area (Å²) in [5, 5.41) is 2.89. The Labute approximate surface area is 203 Å².